The van der Waals surface area contributed by atoms with E-state index in [9.17, 15) is 4.79 Å². The van der Waals surface area contributed by atoms with Crippen LogP contribution in [0.25, 0.3) is 0 Å². The van der Waals surface area contributed by atoms with Crippen molar-refractivity contribution in [2.75, 3.05) is 23.7 Å². The molecule has 0 saturated heterocycles. The predicted molar refractivity (Wildman–Crippen MR) is 166 cm³/mol. The summed E-state index contributed by atoms with van der Waals surface area (Å²) < 4.78 is 10.9. The monoisotopic (exact) mass is 562 g/mol. The molecule has 7 nitrogen and oxygen atoms in total. The summed E-state index contributed by atoms with van der Waals surface area (Å²) in [6.45, 7) is 4.19. The molecule has 0 N–H and O–H groups in total. The third-order valence-electron chi connectivity index (χ3n) is 7.14. The highest BCUT2D eigenvalue weighted by Gasteiger charge is 2.56. The maximum atomic E-state index is 13.2. The molecule has 1 spiro atoms. The highest BCUT2D eigenvalue weighted by Crippen LogP contribution is 2.55. The SMILES string of the molecule is CCOC(=O)C1=NN(c2ccc(OC)cc2)[C@]2(S1)c1ccccc1C(c1ccc(CC)cc1)=NN2c1ccccc1. The number of carbonyl (C=O) groups is 1. The first-order chi connectivity index (χ1) is 20.1. The van der Waals surface area contributed by atoms with Gasteiger partial charge in [0, 0.05) is 16.7 Å². The van der Waals surface area contributed by atoms with Crippen LogP contribution in [0.2, 0.25) is 0 Å². The number of hydrogen-bond acceptors (Lipinski definition) is 8. The van der Waals surface area contributed by atoms with Gasteiger partial charge in [-0.2, -0.15) is 10.2 Å². The molecule has 0 fully saturated rings. The maximum Gasteiger partial charge on any atom is 0.365 e. The van der Waals surface area contributed by atoms with Crippen LogP contribution < -0.4 is 14.8 Å². The van der Waals surface area contributed by atoms with Crippen LogP contribution in [0, 0.1) is 0 Å². The van der Waals surface area contributed by atoms with E-state index in [4.69, 9.17) is 19.7 Å². The Morgan fingerprint density at radius 2 is 1.46 bits per heavy atom. The van der Waals surface area contributed by atoms with Gasteiger partial charge in [0.2, 0.25) is 10.0 Å². The van der Waals surface area contributed by atoms with Gasteiger partial charge in [0.15, 0.2) is 0 Å². The first kappa shape index (κ1) is 26.7. The summed E-state index contributed by atoms with van der Waals surface area (Å²) in [6.07, 6.45) is 0.962. The Labute approximate surface area is 244 Å². The normalized spacial score (nSPS) is 17.6. The highest BCUT2D eigenvalue weighted by molar-refractivity contribution is 8.16. The Bertz CT molecular complexity index is 1620. The summed E-state index contributed by atoms with van der Waals surface area (Å²) in [5.41, 5.74) is 6.68. The Kier molecular flexibility index (Phi) is 7.24. The summed E-state index contributed by atoms with van der Waals surface area (Å²) in [7, 11) is 1.64. The van der Waals surface area contributed by atoms with E-state index >= 15 is 0 Å². The van der Waals surface area contributed by atoms with Gasteiger partial charge in [0.1, 0.15) is 5.75 Å². The van der Waals surface area contributed by atoms with Crippen molar-refractivity contribution >= 4 is 39.9 Å². The average molecular weight is 563 g/mol. The predicted octanol–water partition coefficient (Wildman–Crippen LogP) is 6.77. The minimum absolute atomic E-state index is 0.253. The van der Waals surface area contributed by atoms with Gasteiger partial charge in [0.25, 0.3) is 0 Å². The number of ether oxygens (including phenoxy) is 2. The molecule has 0 amide bonds. The summed E-state index contributed by atoms with van der Waals surface area (Å²) in [6, 6.07) is 34.4. The molecule has 206 valence electrons. The van der Waals surface area contributed by atoms with Crippen molar-refractivity contribution in [2.45, 2.75) is 25.3 Å². The van der Waals surface area contributed by atoms with Gasteiger partial charge in [0.05, 0.1) is 30.8 Å². The second-order valence-corrected chi connectivity index (χ2v) is 10.7. The second-order valence-electron chi connectivity index (χ2n) is 9.54. The van der Waals surface area contributed by atoms with Gasteiger partial charge in [-0.05, 0) is 67.1 Å². The molecule has 0 radical (unpaired) electrons. The van der Waals surface area contributed by atoms with Gasteiger partial charge < -0.3 is 9.47 Å². The topological polar surface area (TPSA) is 66.7 Å². The number of para-hydroxylation sites is 1. The van der Waals surface area contributed by atoms with Crippen molar-refractivity contribution in [3.63, 3.8) is 0 Å². The van der Waals surface area contributed by atoms with Crippen molar-refractivity contribution in [1.82, 2.24) is 0 Å². The van der Waals surface area contributed by atoms with E-state index in [-0.39, 0.29) is 11.7 Å². The largest absolute Gasteiger partial charge is 0.497 e. The molecule has 4 aromatic carbocycles. The Balaban J connectivity index is 1.61. The molecule has 1 atom stereocenters. The molecule has 2 aliphatic heterocycles. The molecule has 6 rings (SSSR count). The molecular formula is C33H30N4O3S. The lowest BCUT2D eigenvalue weighted by Crippen LogP contribution is -2.54. The lowest BCUT2D eigenvalue weighted by atomic mass is 9.92. The molecule has 2 heterocycles. The third kappa shape index (κ3) is 4.64. The van der Waals surface area contributed by atoms with Gasteiger partial charge in [-0.25, -0.2) is 14.8 Å². The minimum Gasteiger partial charge on any atom is -0.497 e. The van der Waals surface area contributed by atoms with Crippen LogP contribution >= 0.6 is 11.8 Å². The summed E-state index contributed by atoms with van der Waals surface area (Å²) in [5.74, 6) is 0.257. The van der Waals surface area contributed by atoms with E-state index in [1.54, 1.807) is 14.0 Å². The van der Waals surface area contributed by atoms with Crippen LogP contribution in [0.5, 0.6) is 5.75 Å². The number of methoxy groups -OCH3 is 1. The third-order valence-corrected chi connectivity index (χ3v) is 8.43. The van der Waals surface area contributed by atoms with E-state index in [0.717, 1.165) is 45.9 Å². The zero-order valence-corrected chi connectivity index (χ0v) is 24.0. The van der Waals surface area contributed by atoms with Gasteiger partial charge >= 0.3 is 5.97 Å². The quantitative estimate of drug-likeness (QED) is 0.232. The molecule has 2 aliphatic rings. The fraction of sp³-hybridized carbons (Fsp3) is 0.182. The van der Waals surface area contributed by atoms with Crippen LogP contribution in [0.3, 0.4) is 0 Å². The highest BCUT2D eigenvalue weighted by atomic mass is 32.2. The number of anilines is 2. The molecule has 0 saturated carbocycles. The van der Waals surface area contributed by atoms with Crippen molar-refractivity contribution < 1.29 is 14.3 Å². The number of fused-ring (bicyclic) bond motifs is 2. The number of hydrogen-bond donors (Lipinski definition) is 0. The molecule has 0 bridgehead atoms. The summed E-state index contributed by atoms with van der Waals surface area (Å²) in [4.78, 5) is 12.1. The molecule has 4 aromatic rings. The Morgan fingerprint density at radius 1 is 0.805 bits per heavy atom. The number of aryl methyl sites for hydroxylation is 1. The number of hydrazone groups is 2. The fourth-order valence-electron chi connectivity index (χ4n) is 5.11. The number of carbonyl (C=O) groups excluding carboxylic acids is 1. The van der Waals surface area contributed by atoms with E-state index in [2.05, 4.69) is 43.3 Å². The van der Waals surface area contributed by atoms with Crippen molar-refractivity contribution in [3.05, 3.63) is 125 Å². The van der Waals surface area contributed by atoms with Crippen molar-refractivity contribution in [2.24, 2.45) is 10.2 Å². The summed E-state index contributed by atoms with van der Waals surface area (Å²) >= 11 is 1.33. The first-order valence-electron chi connectivity index (χ1n) is 13.6. The van der Waals surface area contributed by atoms with E-state index in [0.29, 0.717) is 0 Å². The average Bonchev–Trinajstić information content (AvgIpc) is 3.43. The number of esters is 1. The van der Waals surface area contributed by atoms with E-state index in [1.807, 2.05) is 76.7 Å². The zero-order chi connectivity index (χ0) is 28.4. The van der Waals surface area contributed by atoms with Crippen LogP contribution in [0.4, 0.5) is 11.4 Å². The molecule has 8 heteroatoms. The smallest absolute Gasteiger partial charge is 0.365 e. The minimum atomic E-state index is -1.05. The van der Waals surface area contributed by atoms with Crippen LogP contribution in [-0.4, -0.2) is 30.4 Å². The fourth-order valence-corrected chi connectivity index (χ4v) is 6.40. The number of thioether (sulfide) groups is 1. The molecule has 0 aromatic heterocycles. The number of nitrogens with zero attached hydrogens (tertiary/aromatic N) is 4. The maximum absolute atomic E-state index is 13.2. The lowest BCUT2D eigenvalue weighted by Gasteiger charge is -2.47. The number of benzene rings is 4. The Morgan fingerprint density at radius 3 is 2.15 bits per heavy atom. The van der Waals surface area contributed by atoms with Crippen molar-refractivity contribution in [1.29, 1.82) is 0 Å². The van der Waals surface area contributed by atoms with Gasteiger partial charge in [-0.1, -0.05) is 73.7 Å². The second kappa shape index (κ2) is 11.1. The van der Waals surface area contributed by atoms with Gasteiger partial charge in [-0.3, -0.25) is 0 Å². The van der Waals surface area contributed by atoms with Crippen LogP contribution in [0.15, 0.2) is 113 Å². The lowest BCUT2D eigenvalue weighted by molar-refractivity contribution is -0.134. The number of rotatable bonds is 7. The molecular weight excluding hydrogens is 532 g/mol. The van der Waals surface area contributed by atoms with Crippen LogP contribution in [-0.2, 0) is 20.9 Å². The van der Waals surface area contributed by atoms with E-state index < -0.39 is 11.0 Å². The summed E-state index contributed by atoms with van der Waals surface area (Å²) in [5, 5.41) is 14.3. The van der Waals surface area contributed by atoms with Crippen molar-refractivity contribution in [3.8, 4) is 5.75 Å². The first-order valence-corrected chi connectivity index (χ1v) is 14.4. The standard InChI is InChI=1S/C33H30N4O3S/c1-4-23-15-17-24(18-16-23)30-28-13-9-10-14-29(28)33(36(34-30)25-11-7-6-8-12-25)37(26-19-21-27(39-3)22-20-26)35-31(41-33)32(38)40-5-2/h6-22H,4-5H2,1-3H3/t33-/m0/s1. The Hall–Kier alpha value is -4.56. The molecule has 0 aliphatic carbocycles. The molecule has 0 unspecified atom stereocenters. The van der Waals surface area contributed by atoms with Crippen LogP contribution in [0.1, 0.15) is 36.1 Å². The van der Waals surface area contributed by atoms with Gasteiger partial charge in [-0.15, -0.1) is 0 Å². The van der Waals surface area contributed by atoms with E-state index in [1.165, 1.54) is 17.3 Å². The zero-order valence-electron chi connectivity index (χ0n) is 23.2. The molecule has 41 heavy (non-hydrogen) atoms.